The predicted molar refractivity (Wildman–Crippen MR) is 239 cm³/mol. The van der Waals surface area contributed by atoms with Crippen molar-refractivity contribution < 1.29 is 33.1 Å². The Morgan fingerprint density at radius 3 is 2.44 bits per heavy atom. The van der Waals surface area contributed by atoms with Crippen LogP contribution in [0.2, 0.25) is 5.02 Å². The lowest BCUT2D eigenvalue weighted by Crippen LogP contribution is -2.51. The summed E-state index contributed by atoms with van der Waals surface area (Å²) in [6.45, 7) is 4.10. The summed E-state index contributed by atoms with van der Waals surface area (Å²) in [6, 6.07) is 19.2. The number of benzene rings is 3. The van der Waals surface area contributed by atoms with Crippen molar-refractivity contribution in [2.75, 3.05) is 56.5 Å². The summed E-state index contributed by atoms with van der Waals surface area (Å²) in [6.07, 6.45) is 8.75. The van der Waals surface area contributed by atoms with Gasteiger partial charge in [0.1, 0.15) is 11.9 Å². The molecule has 7 rings (SSSR count). The van der Waals surface area contributed by atoms with E-state index in [1.54, 1.807) is 30.3 Å². The highest BCUT2D eigenvalue weighted by molar-refractivity contribution is 6.33. The van der Waals surface area contributed by atoms with Crippen LogP contribution in [0, 0.1) is 11.7 Å². The highest BCUT2D eigenvalue weighted by Crippen LogP contribution is 2.41. The number of hydrogen-bond donors (Lipinski definition) is 3. The Kier molecular flexibility index (Phi) is 15.3. The van der Waals surface area contributed by atoms with Crippen LogP contribution >= 0.6 is 11.6 Å². The van der Waals surface area contributed by atoms with Crippen molar-refractivity contribution in [3.8, 4) is 28.1 Å². The van der Waals surface area contributed by atoms with Crippen LogP contribution in [0.3, 0.4) is 0 Å². The Morgan fingerprint density at radius 1 is 0.968 bits per heavy atom. The molecule has 4 heterocycles. The van der Waals surface area contributed by atoms with Crippen LogP contribution in [0.25, 0.3) is 22.4 Å². The largest absolute Gasteiger partial charge is 0.426 e. The van der Waals surface area contributed by atoms with Crippen LogP contribution in [-0.4, -0.2) is 109 Å². The highest BCUT2D eigenvalue weighted by Gasteiger charge is 2.34. The number of imide groups is 1. The maximum atomic E-state index is 13.6. The molecule has 0 bridgehead atoms. The number of likely N-dealkylation sites (N-methyl/N-ethyl adjacent to an activating group) is 1. The maximum absolute atomic E-state index is 13.6. The van der Waals surface area contributed by atoms with E-state index in [0.717, 1.165) is 61.0 Å². The quantitative estimate of drug-likeness (QED) is 0.0593. The van der Waals surface area contributed by atoms with Gasteiger partial charge in [0.05, 0.1) is 29.1 Å². The van der Waals surface area contributed by atoms with Gasteiger partial charge >= 0.3 is 0 Å². The van der Waals surface area contributed by atoms with Gasteiger partial charge in [-0.25, -0.2) is 14.4 Å². The summed E-state index contributed by atoms with van der Waals surface area (Å²) < 4.78 is 19.1. The second-order valence-electron chi connectivity index (χ2n) is 16.6. The summed E-state index contributed by atoms with van der Waals surface area (Å²) in [5.74, 6) is 0.529. The van der Waals surface area contributed by atoms with E-state index in [-0.39, 0.29) is 41.9 Å². The summed E-state index contributed by atoms with van der Waals surface area (Å²) in [5.41, 5.74) is 4.63. The molecule has 3 aliphatic rings. The lowest BCUT2D eigenvalue weighted by Gasteiger charge is -2.37. The van der Waals surface area contributed by atoms with E-state index in [1.807, 2.05) is 47.4 Å². The molecule has 0 saturated carbocycles. The molecule has 0 spiro atoms. The van der Waals surface area contributed by atoms with Gasteiger partial charge in [0.2, 0.25) is 30.1 Å². The smallest absolute Gasteiger partial charge is 0.298 e. The first kappa shape index (κ1) is 45.1. The maximum Gasteiger partial charge on any atom is 0.298 e. The molecule has 2 unspecified atom stereocenters. The zero-order valence-corrected chi connectivity index (χ0v) is 36.2. The van der Waals surface area contributed by atoms with Crippen molar-refractivity contribution in [1.82, 2.24) is 30.4 Å². The zero-order chi connectivity index (χ0) is 44.3. The molecule has 3 saturated heterocycles. The Hall–Kier alpha value is -5.93. The van der Waals surface area contributed by atoms with Crippen LogP contribution in [0.4, 0.5) is 16.0 Å². The van der Waals surface area contributed by atoms with E-state index >= 15 is 0 Å². The van der Waals surface area contributed by atoms with E-state index in [9.17, 15) is 28.4 Å². The third-order valence-corrected chi connectivity index (χ3v) is 12.9. The molecule has 1 aromatic heterocycles. The molecule has 16 heteroatoms. The zero-order valence-electron chi connectivity index (χ0n) is 35.4. The number of likely N-dealkylation sites (tertiary alicyclic amines) is 2. The molecule has 0 aliphatic carbocycles. The van der Waals surface area contributed by atoms with Gasteiger partial charge in [0.15, 0.2) is 5.75 Å². The summed E-state index contributed by atoms with van der Waals surface area (Å²) in [5, 5.41) is 9.07. The minimum absolute atomic E-state index is 0.00522. The number of amides is 4. The lowest BCUT2D eigenvalue weighted by atomic mass is 9.88. The molecule has 0 radical (unpaired) electrons. The Bertz CT molecular complexity index is 2250. The number of aromatic nitrogens is 2. The molecule has 3 aliphatic heterocycles. The lowest BCUT2D eigenvalue weighted by molar-refractivity contribution is -0.135. The van der Waals surface area contributed by atoms with Gasteiger partial charge in [0.25, 0.3) is 6.47 Å². The van der Waals surface area contributed by atoms with Crippen LogP contribution in [0.5, 0.6) is 5.75 Å². The number of nitrogens with zero attached hydrogens (tertiary/aromatic N) is 5. The fraction of sp³-hybridized carbons (Fsp3) is 0.426. The average Bonchev–Trinajstić information content (AvgIpc) is 3.29. The van der Waals surface area contributed by atoms with Crippen LogP contribution in [-0.2, 0) is 24.0 Å². The van der Waals surface area contributed by atoms with E-state index in [1.165, 1.54) is 12.1 Å². The molecule has 332 valence electrons. The Labute approximate surface area is 371 Å². The number of piperidine rings is 3. The minimum atomic E-state index is -0.570. The van der Waals surface area contributed by atoms with Crippen molar-refractivity contribution in [3.05, 3.63) is 89.3 Å². The van der Waals surface area contributed by atoms with Crippen LogP contribution in [0.15, 0.2) is 72.9 Å². The van der Waals surface area contributed by atoms with Gasteiger partial charge < -0.3 is 25.2 Å². The van der Waals surface area contributed by atoms with Crippen LogP contribution in [0.1, 0.15) is 69.3 Å². The van der Waals surface area contributed by atoms with E-state index in [0.29, 0.717) is 98.8 Å². The summed E-state index contributed by atoms with van der Waals surface area (Å²) in [7, 11) is 1.76. The molecule has 3 fully saturated rings. The van der Waals surface area contributed by atoms with Crippen molar-refractivity contribution in [1.29, 1.82) is 0 Å². The first-order valence-electron chi connectivity index (χ1n) is 21.7. The van der Waals surface area contributed by atoms with E-state index in [4.69, 9.17) is 21.3 Å². The number of anilines is 2. The van der Waals surface area contributed by atoms with Crippen molar-refractivity contribution in [3.63, 3.8) is 0 Å². The molecule has 3 N–H and O–H groups in total. The Morgan fingerprint density at radius 2 is 1.71 bits per heavy atom. The summed E-state index contributed by atoms with van der Waals surface area (Å²) >= 11 is 6.61. The van der Waals surface area contributed by atoms with E-state index < -0.39 is 6.04 Å². The second-order valence-corrected chi connectivity index (χ2v) is 17.0. The topological polar surface area (TPSA) is 166 Å². The molecule has 4 amide bonds. The fourth-order valence-electron chi connectivity index (χ4n) is 9.05. The van der Waals surface area contributed by atoms with Crippen LogP contribution < -0.4 is 25.6 Å². The third-order valence-electron chi connectivity index (χ3n) is 12.6. The average molecular weight is 881 g/mol. The predicted octanol–water partition coefficient (Wildman–Crippen LogP) is 6.19. The van der Waals surface area contributed by atoms with Crippen molar-refractivity contribution in [2.45, 2.75) is 75.8 Å². The Balaban J connectivity index is 0.893. The van der Waals surface area contributed by atoms with Gasteiger partial charge in [0, 0.05) is 50.3 Å². The number of nitrogens with one attached hydrogen (secondary N) is 3. The molecular formula is C47H54ClFN8O6. The number of rotatable bonds is 18. The van der Waals surface area contributed by atoms with Gasteiger partial charge in [-0.15, -0.1) is 0 Å². The molecule has 4 aromatic rings. The number of carbonyl (C=O) groups is 5. The third kappa shape index (κ3) is 11.6. The monoisotopic (exact) mass is 880 g/mol. The number of halogens is 2. The van der Waals surface area contributed by atoms with Gasteiger partial charge in [-0.2, -0.15) is 0 Å². The minimum Gasteiger partial charge on any atom is -0.426 e. The van der Waals surface area contributed by atoms with Crippen molar-refractivity contribution in [2.24, 2.45) is 5.92 Å². The second kappa shape index (κ2) is 21.4. The first-order valence-corrected chi connectivity index (χ1v) is 22.1. The molecular weight excluding hydrogens is 827 g/mol. The number of hydrogen-bond acceptors (Lipinski definition) is 11. The van der Waals surface area contributed by atoms with E-state index in [2.05, 4.69) is 25.8 Å². The standard InChI is InChI=1S/C47H54ClFN8O6/c1-55(41-14-15-42(60)53-46(41)62)40-7-3-6-38(45(40)63-30-59)33-19-24-57(25-20-33)43(61)28-56-22-17-31(18-23-56)8-13-37(16-21-50-29-58)52-47-51-27-39(48)44(54-47)35-5-2-4-34(26-35)32-9-11-36(49)12-10-32/h2-7,9-12,26-27,29-31,33,37,41H,8,13-25,28H2,1H3,(H,50,58)(H,51,52,54)(H,53,60,62). The number of para-hydroxylation sites is 1. The van der Waals surface area contributed by atoms with Gasteiger partial charge in [-0.1, -0.05) is 54.1 Å². The fourth-order valence-corrected chi connectivity index (χ4v) is 9.25. The molecule has 2 atom stereocenters. The van der Waals surface area contributed by atoms with Gasteiger partial charge in [-0.05, 0) is 112 Å². The molecule has 14 nitrogen and oxygen atoms in total. The normalized spacial score (nSPS) is 18.0. The highest BCUT2D eigenvalue weighted by atomic mass is 35.5. The number of carbonyl (C=O) groups excluding carboxylic acids is 5. The number of ether oxygens (including phenoxy) is 1. The first-order chi connectivity index (χ1) is 30.6. The SMILES string of the molecule is CN(c1cccc(C2CCN(C(=O)CN3CCC(CCC(CCNC=O)Nc4ncc(Cl)c(-c5cccc(-c6ccc(F)cc6)c5)n4)CC3)CC2)c1OC=O)C1CCC(=O)NC1=O. The van der Waals surface area contributed by atoms with Gasteiger partial charge in [-0.3, -0.25) is 34.2 Å². The summed E-state index contributed by atoms with van der Waals surface area (Å²) in [4.78, 5) is 75.9. The molecule has 3 aromatic carbocycles. The molecule has 63 heavy (non-hydrogen) atoms. The van der Waals surface area contributed by atoms with Crippen molar-refractivity contribution >= 4 is 53.8 Å².